The number of ether oxygens (including phenoxy) is 1. The van der Waals surface area contributed by atoms with E-state index in [0.29, 0.717) is 39.2 Å². The zero-order chi connectivity index (χ0) is 29.2. The molecule has 1 aliphatic heterocycles. The summed E-state index contributed by atoms with van der Waals surface area (Å²) in [5.41, 5.74) is 3.61. The Hall–Kier alpha value is -2.69. The van der Waals surface area contributed by atoms with Crippen LogP contribution in [0.1, 0.15) is 55.3 Å². The number of aldehydes is 1. The average Bonchev–Trinajstić information content (AvgIpc) is 3.55. The van der Waals surface area contributed by atoms with Crippen molar-refractivity contribution in [3.8, 4) is 17.0 Å². The molecule has 0 amide bonds. The van der Waals surface area contributed by atoms with Crippen LogP contribution >= 0.6 is 34.5 Å². The van der Waals surface area contributed by atoms with Crippen LogP contribution in [0, 0.1) is 0 Å². The molecule has 0 spiro atoms. The van der Waals surface area contributed by atoms with Gasteiger partial charge in [0.15, 0.2) is 5.13 Å². The molecule has 2 aromatic carbocycles. The lowest BCUT2D eigenvalue weighted by Gasteiger charge is -2.47. The van der Waals surface area contributed by atoms with Gasteiger partial charge in [-0.2, -0.15) is 0 Å². The van der Waals surface area contributed by atoms with Gasteiger partial charge in [0.05, 0.1) is 21.9 Å². The molecule has 1 saturated heterocycles. The number of aliphatic hydroxyl groups excluding tert-OH is 1. The molecular formula is C29H34Cl2N4O4S. The highest BCUT2D eigenvalue weighted by Crippen LogP contribution is 2.41. The van der Waals surface area contributed by atoms with Gasteiger partial charge in [0.25, 0.3) is 0 Å². The van der Waals surface area contributed by atoms with Gasteiger partial charge < -0.3 is 19.3 Å². The molecule has 1 N–H and O–H groups in total. The number of hydrogen-bond acceptors (Lipinski definition) is 9. The number of methoxy groups -OCH3 is 1. The van der Waals surface area contributed by atoms with E-state index in [9.17, 15) is 4.79 Å². The van der Waals surface area contributed by atoms with Crippen LogP contribution in [0.2, 0.25) is 10.0 Å². The number of halogens is 2. The Morgan fingerprint density at radius 2 is 1.90 bits per heavy atom. The molecule has 0 saturated carbocycles. The SMILES string of the molecule is CO.COc1cc(C=O)cc2sc(N3CCN(Cc4c(-c5c(Cl)cccc5Cl)noc4C(C)C)C(C)(C)C3)nc12. The minimum Gasteiger partial charge on any atom is -0.494 e. The van der Waals surface area contributed by atoms with Crippen LogP contribution in [0.5, 0.6) is 5.75 Å². The highest BCUT2D eigenvalue weighted by atomic mass is 35.5. The van der Waals surface area contributed by atoms with Crippen molar-refractivity contribution in [2.75, 3.05) is 38.8 Å². The first-order chi connectivity index (χ1) is 19.1. The Balaban J connectivity index is 0.00000181. The highest BCUT2D eigenvalue weighted by molar-refractivity contribution is 7.22. The number of piperazine rings is 1. The van der Waals surface area contributed by atoms with Crippen LogP contribution in [0.4, 0.5) is 5.13 Å². The van der Waals surface area contributed by atoms with E-state index in [2.05, 4.69) is 42.7 Å². The summed E-state index contributed by atoms with van der Waals surface area (Å²) in [4.78, 5) is 21.0. The van der Waals surface area contributed by atoms with Gasteiger partial charge in [-0.1, -0.05) is 59.6 Å². The van der Waals surface area contributed by atoms with Crippen LogP contribution in [-0.4, -0.2) is 65.8 Å². The molecule has 0 aliphatic carbocycles. The van der Waals surface area contributed by atoms with Gasteiger partial charge in [0.2, 0.25) is 0 Å². The molecule has 5 rings (SSSR count). The zero-order valence-corrected chi connectivity index (χ0v) is 25.8. The van der Waals surface area contributed by atoms with Crippen molar-refractivity contribution in [1.29, 1.82) is 0 Å². The molecule has 3 heterocycles. The van der Waals surface area contributed by atoms with Gasteiger partial charge in [-0.3, -0.25) is 9.69 Å². The Morgan fingerprint density at radius 3 is 2.50 bits per heavy atom. The number of rotatable bonds is 7. The minimum atomic E-state index is -0.179. The Kier molecular flexibility index (Phi) is 9.42. The lowest BCUT2D eigenvalue weighted by atomic mass is 9.95. The molecule has 1 aliphatic rings. The van der Waals surface area contributed by atoms with Gasteiger partial charge in [0, 0.05) is 61.4 Å². The van der Waals surface area contributed by atoms with Crippen molar-refractivity contribution in [2.45, 2.75) is 45.7 Å². The second-order valence-corrected chi connectivity index (χ2v) is 12.3. The van der Waals surface area contributed by atoms with Crippen LogP contribution in [-0.2, 0) is 6.54 Å². The molecule has 40 heavy (non-hydrogen) atoms. The smallest absolute Gasteiger partial charge is 0.186 e. The van der Waals surface area contributed by atoms with E-state index in [-0.39, 0.29) is 11.5 Å². The number of fused-ring (bicyclic) bond motifs is 1. The molecule has 0 atom stereocenters. The molecule has 11 heteroatoms. The van der Waals surface area contributed by atoms with E-state index < -0.39 is 0 Å². The monoisotopic (exact) mass is 604 g/mol. The fraction of sp³-hybridized carbons (Fsp3) is 0.414. The fourth-order valence-electron chi connectivity index (χ4n) is 5.05. The quantitative estimate of drug-likeness (QED) is 0.227. The normalized spacial score (nSPS) is 15.3. The number of anilines is 1. The van der Waals surface area contributed by atoms with E-state index in [0.717, 1.165) is 59.7 Å². The summed E-state index contributed by atoms with van der Waals surface area (Å²) < 4.78 is 12.3. The fourth-order valence-corrected chi connectivity index (χ4v) is 6.69. The summed E-state index contributed by atoms with van der Waals surface area (Å²) in [6.45, 7) is 11.7. The predicted molar refractivity (Wildman–Crippen MR) is 162 cm³/mol. The van der Waals surface area contributed by atoms with Gasteiger partial charge in [0.1, 0.15) is 29.0 Å². The standard InChI is InChI=1S/C28H30Cl2N4O3S.CH4O/c1-16(2)26-18(24(32-37-26)23-19(29)7-6-8-20(23)30)13-34-10-9-33(15-28(34,3)4)27-31-25-21(36-5)11-17(14-35)12-22(25)38-27;1-2/h6-8,11-12,14,16H,9-10,13,15H2,1-5H3;2H,1H3. The topological polar surface area (TPSA) is 91.9 Å². The first kappa shape index (κ1) is 30.3. The summed E-state index contributed by atoms with van der Waals surface area (Å²) in [6.07, 6.45) is 0.837. The van der Waals surface area contributed by atoms with Crippen molar-refractivity contribution in [2.24, 2.45) is 0 Å². The highest BCUT2D eigenvalue weighted by Gasteiger charge is 2.37. The van der Waals surface area contributed by atoms with Crippen LogP contribution in [0.15, 0.2) is 34.9 Å². The summed E-state index contributed by atoms with van der Waals surface area (Å²) in [7, 11) is 2.60. The van der Waals surface area contributed by atoms with Crippen molar-refractivity contribution in [1.82, 2.24) is 15.0 Å². The zero-order valence-electron chi connectivity index (χ0n) is 23.5. The Labute approximate surface area is 248 Å². The van der Waals surface area contributed by atoms with Crippen LogP contribution in [0.25, 0.3) is 21.5 Å². The van der Waals surface area contributed by atoms with Gasteiger partial charge >= 0.3 is 0 Å². The van der Waals surface area contributed by atoms with Crippen molar-refractivity contribution in [3.05, 3.63) is 57.3 Å². The number of carbonyl (C=O) groups excluding carboxylic acids is 1. The van der Waals surface area contributed by atoms with Gasteiger partial charge in [-0.25, -0.2) is 4.98 Å². The molecule has 8 nitrogen and oxygen atoms in total. The molecule has 2 aromatic heterocycles. The number of carbonyl (C=O) groups is 1. The first-order valence-electron chi connectivity index (χ1n) is 12.9. The number of benzene rings is 2. The summed E-state index contributed by atoms with van der Waals surface area (Å²) in [5, 5.41) is 13.5. The number of aliphatic hydroxyl groups is 1. The minimum absolute atomic E-state index is 0.158. The number of hydrogen-bond donors (Lipinski definition) is 1. The van der Waals surface area contributed by atoms with Crippen LogP contribution < -0.4 is 9.64 Å². The Morgan fingerprint density at radius 1 is 1.20 bits per heavy atom. The van der Waals surface area contributed by atoms with Gasteiger partial charge in [-0.05, 0) is 38.1 Å². The third-order valence-corrected chi connectivity index (χ3v) is 8.76. The molecule has 0 unspecified atom stereocenters. The van der Waals surface area contributed by atoms with E-state index in [1.165, 1.54) is 0 Å². The first-order valence-corrected chi connectivity index (χ1v) is 14.5. The van der Waals surface area contributed by atoms with E-state index in [4.69, 9.17) is 42.6 Å². The predicted octanol–water partition coefficient (Wildman–Crippen LogP) is 6.91. The molecule has 1 fully saturated rings. The van der Waals surface area contributed by atoms with Gasteiger partial charge in [-0.15, -0.1) is 0 Å². The molecule has 4 aromatic rings. The number of aromatic nitrogens is 2. The largest absolute Gasteiger partial charge is 0.494 e. The lowest BCUT2D eigenvalue weighted by molar-refractivity contribution is 0.0956. The number of nitrogens with zero attached hydrogens (tertiary/aromatic N) is 4. The number of thiazole rings is 1. The second kappa shape index (κ2) is 12.4. The summed E-state index contributed by atoms with van der Waals surface area (Å²) in [5.74, 6) is 1.62. The van der Waals surface area contributed by atoms with Crippen molar-refractivity contribution in [3.63, 3.8) is 0 Å². The van der Waals surface area contributed by atoms with E-state index in [1.54, 1.807) is 24.5 Å². The van der Waals surface area contributed by atoms with E-state index >= 15 is 0 Å². The van der Waals surface area contributed by atoms with E-state index in [1.807, 2.05) is 24.3 Å². The third-order valence-electron chi connectivity index (χ3n) is 7.06. The molecule has 0 bridgehead atoms. The summed E-state index contributed by atoms with van der Waals surface area (Å²) >= 11 is 14.7. The van der Waals surface area contributed by atoms with Crippen molar-refractivity contribution >= 4 is 56.2 Å². The second-order valence-electron chi connectivity index (χ2n) is 10.5. The molecule has 0 radical (unpaired) electrons. The lowest BCUT2D eigenvalue weighted by Crippen LogP contribution is -2.59. The van der Waals surface area contributed by atoms with Crippen LogP contribution in [0.3, 0.4) is 0 Å². The third kappa shape index (κ3) is 5.85. The maximum absolute atomic E-state index is 11.4. The Bertz CT molecular complexity index is 1480. The molecule has 214 valence electrons. The maximum atomic E-state index is 11.4. The average molecular weight is 606 g/mol. The summed E-state index contributed by atoms with van der Waals surface area (Å²) in [6, 6.07) is 9.08. The maximum Gasteiger partial charge on any atom is 0.186 e. The molecular weight excluding hydrogens is 571 g/mol. The van der Waals surface area contributed by atoms with Crippen molar-refractivity contribution < 1.29 is 19.2 Å².